The summed E-state index contributed by atoms with van der Waals surface area (Å²) in [5, 5.41) is 0.462. The third-order valence-corrected chi connectivity index (χ3v) is 5.48. The van der Waals surface area contributed by atoms with Crippen LogP contribution < -0.4 is 0 Å². The van der Waals surface area contributed by atoms with E-state index in [4.69, 9.17) is 11.6 Å². The van der Waals surface area contributed by atoms with Gasteiger partial charge in [0.25, 0.3) is 0 Å². The quantitative estimate of drug-likeness (QED) is 0.563. The van der Waals surface area contributed by atoms with Gasteiger partial charge in [0.05, 0.1) is 0 Å². The Morgan fingerprint density at radius 2 is 1.40 bits per heavy atom. The van der Waals surface area contributed by atoms with E-state index in [1.54, 1.807) is 0 Å². The predicted octanol–water partition coefficient (Wildman–Crippen LogP) is 4.86. The number of hydrogen-bond acceptors (Lipinski definition) is 0. The lowest BCUT2D eigenvalue weighted by molar-refractivity contribution is 0.151. The van der Waals surface area contributed by atoms with E-state index in [0.29, 0.717) is 5.38 Å². The Kier molecular flexibility index (Phi) is 3.98. The van der Waals surface area contributed by atoms with Gasteiger partial charge in [-0.1, -0.05) is 26.7 Å². The summed E-state index contributed by atoms with van der Waals surface area (Å²) in [5.74, 6) is 3.78. The van der Waals surface area contributed by atoms with Gasteiger partial charge in [-0.05, 0) is 55.8 Å². The minimum absolute atomic E-state index is 0.462. The van der Waals surface area contributed by atoms with Crippen LogP contribution >= 0.6 is 11.6 Å². The largest absolute Gasteiger partial charge is 0.123 e. The molecule has 2 aliphatic carbocycles. The maximum Gasteiger partial charge on any atom is 0.0361 e. The third kappa shape index (κ3) is 2.90. The number of hydrogen-bond donors (Lipinski definition) is 0. The molecule has 0 bridgehead atoms. The lowest BCUT2D eigenvalue weighted by atomic mass is 9.69. The van der Waals surface area contributed by atoms with E-state index in [2.05, 4.69) is 13.8 Å². The van der Waals surface area contributed by atoms with Crippen LogP contribution in [0.15, 0.2) is 0 Å². The van der Waals surface area contributed by atoms with Crippen LogP contribution in [0.3, 0.4) is 0 Å². The molecule has 15 heavy (non-hydrogen) atoms. The Bertz CT molecular complexity index is 194. The van der Waals surface area contributed by atoms with E-state index in [1.807, 2.05) is 0 Å². The van der Waals surface area contributed by atoms with E-state index in [1.165, 1.54) is 44.9 Å². The zero-order valence-corrected chi connectivity index (χ0v) is 11.0. The van der Waals surface area contributed by atoms with Crippen LogP contribution in [-0.4, -0.2) is 5.38 Å². The summed E-state index contributed by atoms with van der Waals surface area (Å²) in [6.07, 6.45) is 9.99. The van der Waals surface area contributed by atoms with Gasteiger partial charge < -0.3 is 0 Å². The van der Waals surface area contributed by atoms with Gasteiger partial charge in [-0.2, -0.15) is 0 Å². The standard InChI is InChI=1S/C14H25Cl/c1-10-3-5-12(6-4-10)13-7-8-14(15)11(2)9-13/h10-14H,3-9H2,1-2H3. The molecule has 0 spiro atoms. The fourth-order valence-corrected chi connectivity index (χ4v) is 3.82. The van der Waals surface area contributed by atoms with E-state index < -0.39 is 0 Å². The minimum Gasteiger partial charge on any atom is -0.123 e. The van der Waals surface area contributed by atoms with E-state index in [0.717, 1.165) is 23.7 Å². The molecule has 0 heterocycles. The van der Waals surface area contributed by atoms with Crippen molar-refractivity contribution in [1.82, 2.24) is 0 Å². The Hall–Kier alpha value is 0.290. The average molecular weight is 229 g/mol. The first-order valence-electron chi connectivity index (χ1n) is 6.81. The highest BCUT2D eigenvalue weighted by Gasteiger charge is 2.32. The minimum atomic E-state index is 0.462. The summed E-state index contributed by atoms with van der Waals surface area (Å²) in [5.41, 5.74) is 0. The highest BCUT2D eigenvalue weighted by Crippen LogP contribution is 2.42. The van der Waals surface area contributed by atoms with E-state index in [9.17, 15) is 0 Å². The van der Waals surface area contributed by atoms with Crippen molar-refractivity contribution in [2.75, 3.05) is 0 Å². The molecule has 2 fully saturated rings. The molecule has 0 amide bonds. The molecule has 0 N–H and O–H groups in total. The molecule has 0 aliphatic heterocycles. The average Bonchev–Trinajstić information content (AvgIpc) is 2.23. The predicted molar refractivity (Wildman–Crippen MR) is 67.3 cm³/mol. The molecule has 3 unspecified atom stereocenters. The van der Waals surface area contributed by atoms with Crippen molar-refractivity contribution in [2.45, 2.75) is 64.2 Å². The molecule has 2 aliphatic rings. The van der Waals surface area contributed by atoms with E-state index in [-0.39, 0.29) is 0 Å². The lowest BCUT2D eigenvalue weighted by Crippen LogP contribution is -2.29. The first-order chi connectivity index (χ1) is 7.16. The zero-order valence-electron chi connectivity index (χ0n) is 10.2. The molecular formula is C14H25Cl. The topological polar surface area (TPSA) is 0 Å². The summed E-state index contributed by atoms with van der Waals surface area (Å²) in [6.45, 7) is 4.75. The second-order valence-corrected chi connectivity index (χ2v) is 6.65. The molecule has 0 aromatic rings. The first-order valence-corrected chi connectivity index (χ1v) is 7.24. The van der Waals surface area contributed by atoms with Crippen LogP contribution in [0.1, 0.15) is 58.8 Å². The highest BCUT2D eigenvalue weighted by atomic mass is 35.5. The monoisotopic (exact) mass is 228 g/mol. The van der Waals surface area contributed by atoms with Gasteiger partial charge in [-0.25, -0.2) is 0 Å². The lowest BCUT2D eigenvalue weighted by Gasteiger charge is -2.38. The smallest absolute Gasteiger partial charge is 0.0361 e. The molecule has 88 valence electrons. The Labute approximate surface area is 99.8 Å². The second kappa shape index (κ2) is 5.08. The molecule has 1 heteroatoms. The van der Waals surface area contributed by atoms with Crippen molar-refractivity contribution in [2.24, 2.45) is 23.7 Å². The van der Waals surface area contributed by atoms with Crippen LogP contribution in [0.2, 0.25) is 0 Å². The molecule has 0 aromatic carbocycles. The Balaban J connectivity index is 1.84. The van der Waals surface area contributed by atoms with Crippen molar-refractivity contribution in [3.8, 4) is 0 Å². The SMILES string of the molecule is CC1CCC(C2CCC(Cl)C(C)C2)CC1. The van der Waals surface area contributed by atoms with Gasteiger partial charge in [0.1, 0.15) is 0 Å². The molecule has 2 saturated carbocycles. The summed E-state index contributed by atoms with van der Waals surface area (Å²) < 4.78 is 0. The summed E-state index contributed by atoms with van der Waals surface area (Å²) in [7, 11) is 0. The normalized spacial score (nSPS) is 47.8. The molecule has 2 rings (SSSR count). The van der Waals surface area contributed by atoms with Gasteiger partial charge in [0.2, 0.25) is 0 Å². The Morgan fingerprint density at radius 3 is 2.00 bits per heavy atom. The van der Waals surface area contributed by atoms with Crippen LogP contribution in [0.4, 0.5) is 0 Å². The number of halogens is 1. The second-order valence-electron chi connectivity index (χ2n) is 6.09. The summed E-state index contributed by atoms with van der Waals surface area (Å²) in [6, 6.07) is 0. The first kappa shape index (κ1) is 11.8. The van der Waals surface area contributed by atoms with Crippen molar-refractivity contribution < 1.29 is 0 Å². The molecule has 0 radical (unpaired) electrons. The van der Waals surface area contributed by atoms with E-state index >= 15 is 0 Å². The van der Waals surface area contributed by atoms with Crippen molar-refractivity contribution in [3.63, 3.8) is 0 Å². The van der Waals surface area contributed by atoms with Crippen LogP contribution in [0, 0.1) is 23.7 Å². The summed E-state index contributed by atoms with van der Waals surface area (Å²) in [4.78, 5) is 0. The van der Waals surface area contributed by atoms with Gasteiger partial charge in [-0.15, -0.1) is 11.6 Å². The molecular weight excluding hydrogens is 204 g/mol. The Morgan fingerprint density at radius 1 is 0.800 bits per heavy atom. The van der Waals surface area contributed by atoms with Gasteiger partial charge in [-0.3, -0.25) is 0 Å². The van der Waals surface area contributed by atoms with Crippen LogP contribution in [0.5, 0.6) is 0 Å². The van der Waals surface area contributed by atoms with Crippen molar-refractivity contribution >= 4 is 11.6 Å². The molecule has 0 aromatic heterocycles. The number of rotatable bonds is 1. The molecule has 0 saturated heterocycles. The fourth-order valence-electron chi connectivity index (χ4n) is 3.59. The van der Waals surface area contributed by atoms with Gasteiger partial charge in [0, 0.05) is 5.38 Å². The molecule has 3 atom stereocenters. The molecule has 0 nitrogen and oxygen atoms in total. The highest BCUT2D eigenvalue weighted by molar-refractivity contribution is 6.20. The fraction of sp³-hybridized carbons (Fsp3) is 1.00. The zero-order chi connectivity index (χ0) is 10.8. The van der Waals surface area contributed by atoms with Gasteiger partial charge >= 0.3 is 0 Å². The van der Waals surface area contributed by atoms with Gasteiger partial charge in [0.15, 0.2) is 0 Å². The van der Waals surface area contributed by atoms with Crippen LogP contribution in [0.25, 0.3) is 0 Å². The third-order valence-electron chi connectivity index (χ3n) is 4.83. The van der Waals surface area contributed by atoms with Crippen molar-refractivity contribution in [1.29, 1.82) is 0 Å². The maximum absolute atomic E-state index is 6.29. The number of alkyl halides is 1. The van der Waals surface area contributed by atoms with Crippen LogP contribution in [-0.2, 0) is 0 Å². The van der Waals surface area contributed by atoms with Crippen molar-refractivity contribution in [3.05, 3.63) is 0 Å². The maximum atomic E-state index is 6.29. The summed E-state index contributed by atoms with van der Waals surface area (Å²) >= 11 is 6.29.